The summed E-state index contributed by atoms with van der Waals surface area (Å²) in [5, 5.41) is 15.6. The molecule has 1 aromatic rings. The monoisotopic (exact) mass is 294 g/mol. The highest BCUT2D eigenvalue weighted by atomic mass is 16.3. The van der Waals surface area contributed by atoms with E-state index in [0.29, 0.717) is 12.8 Å². The number of furan rings is 1. The van der Waals surface area contributed by atoms with Crippen molar-refractivity contribution in [3.8, 4) is 0 Å². The van der Waals surface area contributed by atoms with Crippen molar-refractivity contribution in [3.63, 3.8) is 0 Å². The van der Waals surface area contributed by atoms with Crippen molar-refractivity contribution >= 4 is 11.8 Å². The van der Waals surface area contributed by atoms with E-state index >= 15 is 0 Å². The fourth-order valence-corrected chi connectivity index (χ4v) is 2.54. The van der Waals surface area contributed by atoms with Gasteiger partial charge in [-0.25, -0.2) is 0 Å². The lowest BCUT2D eigenvalue weighted by atomic mass is 9.94. The zero-order chi connectivity index (χ0) is 15.1. The molecule has 1 fully saturated rings. The van der Waals surface area contributed by atoms with Crippen LogP contribution in [-0.4, -0.2) is 35.6 Å². The molecular formula is C15H22N2O4. The summed E-state index contributed by atoms with van der Waals surface area (Å²) in [4.78, 5) is 23.3. The number of aliphatic hydroxyl groups is 1. The van der Waals surface area contributed by atoms with Gasteiger partial charge in [-0.1, -0.05) is 25.7 Å². The first-order valence-electron chi connectivity index (χ1n) is 7.40. The van der Waals surface area contributed by atoms with Crippen LogP contribution in [0.15, 0.2) is 22.8 Å². The first-order valence-corrected chi connectivity index (χ1v) is 7.40. The zero-order valence-electron chi connectivity index (χ0n) is 12.1. The van der Waals surface area contributed by atoms with Crippen LogP contribution in [0.1, 0.15) is 49.1 Å². The lowest BCUT2D eigenvalue weighted by Gasteiger charge is -2.26. The fourth-order valence-electron chi connectivity index (χ4n) is 2.54. The van der Waals surface area contributed by atoms with E-state index in [1.54, 1.807) is 6.07 Å². The second-order valence-electron chi connectivity index (χ2n) is 5.58. The molecule has 2 amide bonds. The summed E-state index contributed by atoms with van der Waals surface area (Å²) in [7, 11) is 0. The standard InChI is InChI=1S/C15H22N2O4/c18-13(10-16-14(19)12-6-5-9-21-12)17-11-15(20)7-3-1-2-4-8-15/h5-6,9,20H,1-4,7-8,10-11H2,(H,16,19)(H,17,18). The lowest BCUT2D eigenvalue weighted by Crippen LogP contribution is -2.45. The number of carbonyl (C=O) groups excluding carboxylic acids is 2. The van der Waals surface area contributed by atoms with Gasteiger partial charge in [-0.15, -0.1) is 0 Å². The Labute approximate surface area is 123 Å². The van der Waals surface area contributed by atoms with Gasteiger partial charge in [0.1, 0.15) is 0 Å². The molecule has 1 saturated carbocycles. The van der Waals surface area contributed by atoms with E-state index < -0.39 is 11.5 Å². The number of amides is 2. The quantitative estimate of drug-likeness (QED) is 0.712. The van der Waals surface area contributed by atoms with Gasteiger partial charge < -0.3 is 20.2 Å². The van der Waals surface area contributed by atoms with Crippen LogP contribution in [0.4, 0.5) is 0 Å². The van der Waals surface area contributed by atoms with Crippen LogP contribution in [0.5, 0.6) is 0 Å². The van der Waals surface area contributed by atoms with Gasteiger partial charge >= 0.3 is 0 Å². The van der Waals surface area contributed by atoms with E-state index in [9.17, 15) is 14.7 Å². The molecule has 2 rings (SSSR count). The van der Waals surface area contributed by atoms with Gasteiger partial charge in [0.2, 0.25) is 5.91 Å². The minimum Gasteiger partial charge on any atom is -0.459 e. The molecule has 21 heavy (non-hydrogen) atoms. The SMILES string of the molecule is O=C(CNC(=O)c1ccco1)NCC1(O)CCCCCC1. The van der Waals surface area contributed by atoms with Crippen molar-refractivity contribution in [1.82, 2.24) is 10.6 Å². The molecule has 0 spiro atoms. The molecule has 0 aliphatic heterocycles. The van der Waals surface area contributed by atoms with E-state index in [0.717, 1.165) is 25.7 Å². The minimum atomic E-state index is -0.808. The van der Waals surface area contributed by atoms with Crippen molar-refractivity contribution in [2.75, 3.05) is 13.1 Å². The molecule has 0 radical (unpaired) electrons. The third-order valence-corrected chi connectivity index (χ3v) is 3.80. The molecule has 0 saturated heterocycles. The van der Waals surface area contributed by atoms with Crippen molar-refractivity contribution in [3.05, 3.63) is 24.2 Å². The topological polar surface area (TPSA) is 91.6 Å². The first kappa shape index (κ1) is 15.6. The number of carbonyl (C=O) groups is 2. The molecule has 1 aliphatic carbocycles. The molecule has 6 nitrogen and oxygen atoms in total. The Morgan fingerprint density at radius 3 is 2.52 bits per heavy atom. The Morgan fingerprint density at radius 1 is 1.19 bits per heavy atom. The van der Waals surface area contributed by atoms with Gasteiger partial charge in [-0.3, -0.25) is 9.59 Å². The zero-order valence-corrected chi connectivity index (χ0v) is 12.1. The lowest BCUT2D eigenvalue weighted by molar-refractivity contribution is -0.121. The molecule has 1 aliphatic rings. The van der Waals surface area contributed by atoms with Crippen molar-refractivity contribution in [2.45, 2.75) is 44.1 Å². The normalized spacial score (nSPS) is 17.8. The molecule has 3 N–H and O–H groups in total. The van der Waals surface area contributed by atoms with Gasteiger partial charge in [0.05, 0.1) is 18.4 Å². The third-order valence-electron chi connectivity index (χ3n) is 3.80. The van der Waals surface area contributed by atoms with Crippen LogP contribution in [0, 0.1) is 0 Å². The van der Waals surface area contributed by atoms with Crippen molar-refractivity contribution < 1.29 is 19.1 Å². The van der Waals surface area contributed by atoms with Crippen LogP contribution in [0.3, 0.4) is 0 Å². The minimum absolute atomic E-state index is 0.129. The van der Waals surface area contributed by atoms with E-state index in [2.05, 4.69) is 10.6 Å². The molecule has 0 unspecified atom stereocenters. The fraction of sp³-hybridized carbons (Fsp3) is 0.600. The summed E-state index contributed by atoms with van der Waals surface area (Å²) in [5.41, 5.74) is -0.808. The van der Waals surface area contributed by atoms with E-state index in [-0.39, 0.29) is 24.8 Å². The predicted molar refractivity (Wildman–Crippen MR) is 76.7 cm³/mol. The highest BCUT2D eigenvalue weighted by Crippen LogP contribution is 2.26. The van der Waals surface area contributed by atoms with Gasteiger partial charge in [0, 0.05) is 6.54 Å². The Hall–Kier alpha value is -1.82. The third kappa shape index (κ3) is 4.90. The second kappa shape index (κ2) is 7.26. The van der Waals surface area contributed by atoms with Crippen molar-refractivity contribution in [1.29, 1.82) is 0 Å². The number of hydrogen-bond acceptors (Lipinski definition) is 4. The molecule has 6 heteroatoms. The maximum Gasteiger partial charge on any atom is 0.287 e. The van der Waals surface area contributed by atoms with Gasteiger partial charge in [-0.2, -0.15) is 0 Å². The Morgan fingerprint density at radius 2 is 1.90 bits per heavy atom. The Balaban J connectivity index is 1.70. The maximum atomic E-state index is 11.7. The van der Waals surface area contributed by atoms with Crippen molar-refractivity contribution in [2.24, 2.45) is 0 Å². The molecule has 1 heterocycles. The van der Waals surface area contributed by atoms with Crippen LogP contribution in [0.25, 0.3) is 0 Å². The summed E-state index contributed by atoms with van der Waals surface area (Å²) in [6.07, 6.45) is 7.07. The highest BCUT2D eigenvalue weighted by molar-refractivity contribution is 5.94. The Kier molecular flexibility index (Phi) is 5.38. The van der Waals surface area contributed by atoms with Gasteiger partial charge in [0.25, 0.3) is 5.91 Å². The van der Waals surface area contributed by atoms with Crippen LogP contribution < -0.4 is 10.6 Å². The average Bonchev–Trinajstić information content (AvgIpc) is 2.92. The smallest absolute Gasteiger partial charge is 0.287 e. The van der Waals surface area contributed by atoms with E-state index in [1.165, 1.54) is 12.3 Å². The summed E-state index contributed by atoms with van der Waals surface area (Å²) >= 11 is 0. The van der Waals surface area contributed by atoms with Crippen LogP contribution in [-0.2, 0) is 4.79 Å². The summed E-state index contributed by atoms with van der Waals surface area (Å²) in [6.45, 7) is 0.109. The number of rotatable bonds is 5. The molecule has 0 bridgehead atoms. The molecular weight excluding hydrogens is 272 g/mol. The molecule has 0 aromatic carbocycles. The largest absolute Gasteiger partial charge is 0.459 e. The summed E-state index contributed by atoms with van der Waals surface area (Å²) < 4.78 is 4.93. The number of hydrogen-bond donors (Lipinski definition) is 3. The highest BCUT2D eigenvalue weighted by Gasteiger charge is 2.28. The van der Waals surface area contributed by atoms with E-state index in [4.69, 9.17) is 4.42 Å². The average molecular weight is 294 g/mol. The summed E-state index contributed by atoms with van der Waals surface area (Å²) in [6, 6.07) is 3.14. The second-order valence-corrected chi connectivity index (χ2v) is 5.58. The Bertz CT molecular complexity index is 462. The molecule has 1 aromatic heterocycles. The first-order chi connectivity index (χ1) is 10.1. The van der Waals surface area contributed by atoms with Gasteiger partial charge in [-0.05, 0) is 25.0 Å². The number of nitrogens with one attached hydrogen (secondary N) is 2. The molecule has 116 valence electrons. The predicted octanol–water partition coefficient (Wildman–Crippen LogP) is 1.21. The summed E-state index contributed by atoms with van der Waals surface area (Å²) in [5.74, 6) is -0.568. The maximum absolute atomic E-state index is 11.7. The van der Waals surface area contributed by atoms with Crippen LogP contribution >= 0.6 is 0 Å². The van der Waals surface area contributed by atoms with E-state index in [1.807, 2.05) is 0 Å². The van der Waals surface area contributed by atoms with Crippen LogP contribution in [0.2, 0.25) is 0 Å². The van der Waals surface area contributed by atoms with Gasteiger partial charge in [0.15, 0.2) is 5.76 Å². The molecule has 0 atom stereocenters.